The Kier molecular flexibility index (Phi) is 10.7. The van der Waals surface area contributed by atoms with Gasteiger partial charge in [0.25, 0.3) is 0 Å². The highest BCUT2D eigenvalue weighted by Gasteiger charge is 1.99. The first-order valence-corrected chi connectivity index (χ1v) is 7.04. The van der Waals surface area contributed by atoms with E-state index >= 15 is 0 Å². The van der Waals surface area contributed by atoms with Crippen LogP contribution < -0.4 is 15.4 Å². The Balaban J connectivity index is 0.00000400. The highest BCUT2D eigenvalue weighted by atomic mass is 127. The van der Waals surface area contributed by atoms with Gasteiger partial charge in [-0.15, -0.1) is 30.6 Å². The van der Waals surface area contributed by atoms with Crippen LogP contribution in [0.25, 0.3) is 0 Å². The van der Waals surface area contributed by atoms with Crippen molar-refractivity contribution in [3.63, 3.8) is 0 Å². The Labute approximate surface area is 145 Å². The number of aliphatic imine (C=N–C) groups is 1. The van der Waals surface area contributed by atoms with Gasteiger partial charge in [0.05, 0.1) is 12.6 Å². The largest absolute Gasteiger partial charge is 0.491 e. The maximum atomic E-state index is 5.61. The van der Waals surface area contributed by atoms with Crippen LogP contribution in [0.1, 0.15) is 26.3 Å². The van der Waals surface area contributed by atoms with Crippen LogP contribution in [-0.2, 0) is 6.54 Å². The van der Waals surface area contributed by atoms with Gasteiger partial charge < -0.3 is 15.4 Å². The fourth-order valence-electron chi connectivity index (χ4n) is 1.63. The molecule has 0 radical (unpaired) electrons. The summed E-state index contributed by atoms with van der Waals surface area (Å²) >= 11 is 0. The second kappa shape index (κ2) is 11.4. The minimum Gasteiger partial charge on any atom is -0.491 e. The minimum absolute atomic E-state index is 0. The number of ether oxygens (including phenoxy) is 1. The molecule has 0 heterocycles. The first-order chi connectivity index (χ1) is 9.65. The number of hydrogen-bond acceptors (Lipinski definition) is 2. The van der Waals surface area contributed by atoms with Crippen LogP contribution in [0.5, 0.6) is 5.75 Å². The van der Waals surface area contributed by atoms with Crippen molar-refractivity contribution >= 4 is 29.9 Å². The maximum Gasteiger partial charge on any atom is 0.191 e. The number of guanidine groups is 1. The van der Waals surface area contributed by atoms with Gasteiger partial charge >= 0.3 is 0 Å². The van der Waals surface area contributed by atoms with E-state index in [9.17, 15) is 0 Å². The lowest BCUT2D eigenvalue weighted by Crippen LogP contribution is -2.37. The molecule has 0 bridgehead atoms. The van der Waals surface area contributed by atoms with Crippen molar-refractivity contribution < 1.29 is 4.74 Å². The van der Waals surface area contributed by atoms with Crippen LogP contribution in [0, 0.1) is 0 Å². The van der Waals surface area contributed by atoms with Crippen LogP contribution in [0.15, 0.2) is 41.9 Å². The van der Waals surface area contributed by atoms with Crippen molar-refractivity contribution in [2.45, 2.75) is 33.4 Å². The van der Waals surface area contributed by atoms with Crippen LogP contribution in [0.4, 0.5) is 0 Å². The van der Waals surface area contributed by atoms with Gasteiger partial charge in [-0.2, -0.15) is 0 Å². The summed E-state index contributed by atoms with van der Waals surface area (Å²) in [5, 5.41) is 6.37. The highest BCUT2D eigenvalue weighted by molar-refractivity contribution is 14.0. The molecule has 0 amide bonds. The minimum atomic E-state index is 0. The molecule has 0 spiro atoms. The van der Waals surface area contributed by atoms with E-state index in [1.54, 1.807) is 0 Å². The Morgan fingerprint density at radius 1 is 1.29 bits per heavy atom. The average Bonchev–Trinajstić information content (AvgIpc) is 2.43. The second-order valence-electron chi connectivity index (χ2n) is 4.68. The average molecular weight is 403 g/mol. The van der Waals surface area contributed by atoms with Gasteiger partial charge in [0, 0.05) is 13.1 Å². The molecule has 4 nitrogen and oxygen atoms in total. The van der Waals surface area contributed by atoms with E-state index in [0.29, 0.717) is 13.1 Å². The van der Waals surface area contributed by atoms with Gasteiger partial charge in [-0.3, -0.25) is 0 Å². The van der Waals surface area contributed by atoms with Crippen molar-refractivity contribution in [2.75, 3.05) is 13.1 Å². The standard InChI is InChI=1S/C16H25N3O.HI/c1-5-11-18-16(17-6-2)19-12-14-7-9-15(10-8-14)20-13(3)4;/h5,7-10,13H,1,6,11-12H2,2-4H3,(H2,17,18,19);1H. The summed E-state index contributed by atoms with van der Waals surface area (Å²) in [6.45, 7) is 11.9. The van der Waals surface area contributed by atoms with E-state index in [1.165, 1.54) is 0 Å². The molecule has 0 aliphatic heterocycles. The summed E-state index contributed by atoms with van der Waals surface area (Å²) in [5.74, 6) is 1.69. The zero-order valence-corrected chi connectivity index (χ0v) is 15.4. The monoisotopic (exact) mass is 403 g/mol. The van der Waals surface area contributed by atoms with Crippen LogP contribution in [0.3, 0.4) is 0 Å². The third kappa shape index (κ3) is 8.60. The van der Waals surface area contributed by atoms with Gasteiger partial charge in [0.15, 0.2) is 5.96 Å². The zero-order valence-electron chi connectivity index (χ0n) is 13.1. The van der Waals surface area contributed by atoms with E-state index in [-0.39, 0.29) is 30.1 Å². The van der Waals surface area contributed by atoms with Crippen molar-refractivity contribution in [2.24, 2.45) is 4.99 Å². The van der Waals surface area contributed by atoms with E-state index in [4.69, 9.17) is 4.74 Å². The van der Waals surface area contributed by atoms with Crippen molar-refractivity contribution in [3.05, 3.63) is 42.5 Å². The summed E-state index contributed by atoms with van der Waals surface area (Å²) in [6, 6.07) is 8.04. The molecule has 0 aliphatic rings. The Morgan fingerprint density at radius 2 is 1.95 bits per heavy atom. The van der Waals surface area contributed by atoms with E-state index < -0.39 is 0 Å². The topological polar surface area (TPSA) is 45.7 Å². The fourth-order valence-corrected chi connectivity index (χ4v) is 1.63. The molecular weight excluding hydrogens is 377 g/mol. The quantitative estimate of drug-likeness (QED) is 0.318. The van der Waals surface area contributed by atoms with Crippen molar-refractivity contribution in [1.82, 2.24) is 10.6 Å². The number of nitrogens with one attached hydrogen (secondary N) is 2. The molecule has 0 fully saturated rings. The van der Waals surface area contributed by atoms with E-state index in [0.717, 1.165) is 23.8 Å². The molecule has 0 saturated carbocycles. The molecule has 21 heavy (non-hydrogen) atoms. The number of halogens is 1. The zero-order chi connectivity index (χ0) is 14.8. The third-order valence-electron chi connectivity index (χ3n) is 2.47. The lowest BCUT2D eigenvalue weighted by atomic mass is 10.2. The number of hydrogen-bond donors (Lipinski definition) is 2. The first-order valence-electron chi connectivity index (χ1n) is 7.04. The molecule has 2 N–H and O–H groups in total. The molecule has 5 heteroatoms. The van der Waals surface area contributed by atoms with Gasteiger partial charge in [-0.05, 0) is 38.5 Å². The van der Waals surface area contributed by atoms with Crippen LogP contribution >= 0.6 is 24.0 Å². The molecule has 1 rings (SSSR count). The first kappa shape index (κ1) is 19.8. The lowest BCUT2D eigenvalue weighted by molar-refractivity contribution is 0.242. The molecular formula is C16H26IN3O. The molecule has 0 atom stereocenters. The SMILES string of the molecule is C=CCNC(=NCc1ccc(OC(C)C)cc1)NCC.I. The molecule has 0 saturated heterocycles. The van der Waals surface area contributed by atoms with Gasteiger partial charge in [0.2, 0.25) is 0 Å². The molecule has 118 valence electrons. The smallest absolute Gasteiger partial charge is 0.191 e. The van der Waals surface area contributed by atoms with Crippen LogP contribution in [0.2, 0.25) is 0 Å². The van der Waals surface area contributed by atoms with E-state index in [1.807, 2.05) is 51.1 Å². The van der Waals surface area contributed by atoms with Crippen LogP contribution in [-0.4, -0.2) is 25.2 Å². The summed E-state index contributed by atoms with van der Waals surface area (Å²) in [4.78, 5) is 4.52. The molecule has 1 aromatic rings. The molecule has 1 aromatic carbocycles. The number of rotatable bonds is 7. The molecule has 0 unspecified atom stereocenters. The fraction of sp³-hybridized carbons (Fsp3) is 0.438. The predicted octanol–water partition coefficient (Wildman–Crippen LogP) is 3.33. The van der Waals surface area contributed by atoms with E-state index in [2.05, 4.69) is 22.2 Å². The summed E-state index contributed by atoms with van der Waals surface area (Å²) in [6.07, 6.45) is 2.01. The van der Waals surface area contributed by atoms with Crippen molar-refractivity contribution in [1.29, 1.82) is 0 Å². The number of nitrogens with zero attached hydrogens (tertiary/aromatic N) is 1. The predicted molar refractivity (Wildman–Crippen MR) is 101 cm³/mol. The van der Waals surface area contributed by atoms with Gasteiger partial charge in [0.1, 0.15) is 5.75 Å². The summed E-state index contributed by atoms with van der Waals surface area (Å²) in [5.41, 5.74) is 1.15. The third-order valence-corrected chi connectivity index (χ3v) is 2.47. The Hall–Kier alpha value is -1.24. The molecule has 0 aromatic heterocycles. The summed E-state index contributed by atoms with van der Waals surface area (Å²) in [7, 11) is 0. The van der Waals surface area contributed by atoms with Gasteiger partial charge in [-0.1, -0.05) is 18.2 Å². The highest BCUT2D eigenvalue weighted by Crippen LogP contribution is 2.14. The van der Waals surface area contributed by atoms with Crippen molar-refractivity contribution in [3.8, 4) is 5.75 Å². The number of benzene rings is 1. The summed E-state index contributed by atoms with van der Waals surface area (Å²) < 4.78 is 5.61. The Bertz CT molecular complexity index is 430. The normalized spacial score (nSPS) is 10.8. The van der Waals surface area contributed by atoms with Gasteiger partial charge in [-0.25, -0.2) is 4.99 Å². The lowest BCUT2D eigenvalue weighted by Gasteiger charge is -2.11. The molecule has 0 aliphatic carbocycles. The Morgan fingerprint density at radius 3 is 2.48 bits per heavy atom. The maximum absolute atomic E-state index is 5.61. The second-order valence-corrected chi connectivity index (χ2v) is 4.68.